The molecule has 0 radical (unpaired) electrons. The van der Waals surface area contributed by atoms with E-state index in [1.165, 1.54) is 12.4 Å². The molecule has 0 aliphatic carbocycles. The maximum Gasteiger partial charge on any atom is 0.326 e. The summed E-state index contributed by atoms with van der Waals surface area (Å²) in [4.78, 5) is 18.0. The molecule has 0 aliphatic heterocycles. The molecule has 1 aromatic heterocycles. The van der Waals surface area contributed by atoms with Gasteiger partial charge in [-0.3, -0.25) is 4.79 Å². The first kappa shape index (κ1) is 8.21. The lowest BCUT2D eigenvalue weighted by Crippen LogP contribution is -2.12. The van der Waals surface area contributed by atoms with Gasteiger partial charge < -0.3 is 5.11 Å². The Kier molecular flexibility index (Phi) is 2.38. The second-order valence-corrected chi connectivity index (χ2v) is 2.04. The van der Waals surface area contributed by atoms with Crippen molar-refractivity contribution in [3.63, 3.8) is 0 Å². The van der Waals surface area contributed by atoms with Crippen molar-refractivity contribution in [1.29, 1.82) is 0 Å². The Morgan fingerprint density at radius 3 is 2.58 bits per heavy atom. The van der Waals surface area contributed by atoms with Crippen LogP contribution < -0.4 is 0 Å². The smallest absolute Gasteiger partial charge is 0.326 e. The molecule has 60 valence electrons. The van der Waals surface area contributed by atoms with Crippen LogP contribution in [0.3, 0.4) is 0 Å². The second kappa shape index (κ2) is 3.49. The molecule has 1 unspecified atom stereocenters. The predicted molar refractivity (Wildman–Crippen MR) is 41.2 cm³/mol. The van der Waals surface area contributed by atoms with E-state index < -0.39 is 11.9 Å². The largest absolute Gasteiger partial charge is 0.480 e. The van der Waals surface area contributed by atoms with E-state index in [2.05, 4.69) is 15.9 Å². The molecule has 1 atom stereocenters. The van der Waals surface area contributed by atoms with Crippen LogP contribution in [-0.4, -0.2) is 21.0 Å². The molecule has 0 saturated heterocycles. The van der Waals surface area contributed by atoms with Crippen molar-refractivity contribution in [3.05, 3.63) is 24.3 Å². The maximum atomic E-state index is 10.5. The Labute approximate surface area is 69.3 Å². The molecule has 0 saturated carbocycles. The third-order valence-electron chi connectivity index (χ3n) is 1.26. The predicted octanol–water partition coefficient (Wildman–Crippen LogP) is 0.278. The minimum absolute atomic E-state index is 0.146. The first-order valence-electron chi connectivity index (χ1n) is 3.21. The molecule has 1 heterocycles. The molecule has 12 heavy (non-hydrogen) atoms. The minimum atomic E-state index is -1.11. The first-order valence-corrected chi connectivity index (χ1v) is 3.21. The van der Waals surface area contributed by atoms with Crippen LogP contribution in [0.25, 0.3) is 0 Å². The van der Waals surface area contributed by atoms with Crippen LogP contribution in [-0.2, 0) is 4.79 Å². The number of aliphatic carboxylic acids is 1. The highest BCUT2D eigenvalue weighted by molar-refractivity contribution is 5.78. The van der Waals surface area contributed by atoms with Gasteiger partial charge in [-0.05, 0) is 6.07 Å². The third kappa shape index (κ3) is 1.58. The van der Waals surface area contributed by atoms with Gasteiger partial charge >= 0.3 is 5.97 Å². The molecule has 1 N–H and O–H groups in total. The zero-order valence-corrected chi connectivity index (χ0v) is 6.14. The number of terminal acetylenes is 1. The summed E-state index contributed by atoms with van der Waals surface area (Å²) in [7, 11) is 0. The maximum absolute atomic E-state index is 10.5. The van der Waals surface area contributed by atoms with Crippen LogP contribution in [0.2, 0.25) is 0 Å². The van der Waals surface area contributed by atoms with Gasteiger partial charge in [-0.25, -0.2) is 9.97 Å². The molecule has 0 bridgehead atoms. The summed E-state index contributed by atoms with van der Waals surface area (Å²) in [6.45, 7) is 0. The van der Waals surface area contributed by atoms with Crippen molar-refractivity contribution in [1.82, 2.24) is 9.97 Å². The van der Waals surface area contributed by atoms with Gasteiger partial charge in [0, 0.05) is 12.4 Å². The van der Waals surface area contributed by atoms with Crippen LogP contribution in [0.15, 0.2) is 18.5 Å². The average Bonchev–Trinajstić information content (AvgIpc) is 2.07. The van der Waals surface area contributed by atoms with Crippen LogP contribution in [0.1, 0.15) is 11.7 Å². The SMILES string of the molecule is C#CC(C(=O)O)c1ncccn1. The van der Waals surface area contributed by atoms with Gasteiger partial charge in [-0.15, -0.1) is 6.42 Å². The van der Waals surface area contributed by atoms with E-state index in [1.807, 2.05) is 0 Å². The third-order valence-corrected chi connectivity index (χ3v) is 1.26. The van der Waals surface area contributed by atoms with Gasteiger partial charge in [-0.2, -0.15) is 0 Å². The number of carboxylic acids is 1. The van der Waals surface area contributed by atoms with Crippen LogP contribution in [0, 0.1) is 12.3 Å². The highest BCUT2D eigenvalue weighted by Gasteiger charge is 2.18. The normalized spacial score (nSPS) is 11.6. The first-order chi connectivity index (χ1) is 5.75. The highest BCUT2D eigenvalue weighted by atomic mass is 16.4. The molecule has 0 fully saturated rings. The average molecular weight is 162 g/mol. The van der Waals surface area contributed by atoms with E-state index in [0.717, 1.165) is 0 Å². The number of hydrogen-bond donors (Lipinski definition) is 1. The van der Waals surface area contributed by atoms with Crippen LogP contribution in [0.5, 0.6) is 0 Å². The molecule has 0 spiro atoms. The Morgan fingerprint density at radius 2 is 2.17 bits per heavy atom. The Morgan fingerprint density at radius 1 is 1.58 bits per heavy atom. The Hall–Kier alpha value is -1.89. The summed E-state index contributed by atoms with van der Waals surface area (Å²) in [6.07, 6.45) is 7.90. The Balaban J connectivity index is 2.98. The van der Waals surface area contributed by atoms with Crippen molar-refractivity contribution in [3.8, 4) is 12.3 Å². The fourth-order valence-electron chi connectivity index (χ4n) is 0.716. The number of aromatic nitrogens is 2. The van der Waals surface area contributed by atoms with Crippen molar-refractivity contribution >= 4 is 5.97 Å². The summed E-state index contributed by atoms with van der Waals surface area (Å²) < 4.78 is 0. The number of hydrogen-bond acceptors (Lipinski definition) is 3. The van der Waals surface area contributed by atoms with Crippen LogP contribution >= 0.6 is 0 Å². The number of carboxylic acid groups (broad SMARTS) is 1. The molecule has 0 amide bonds. The quantitative estimate of drug-likeness (QED) is 0.634. The van der Waals surface area contributed by atoms with Crippen LogP contribution in [0.4, 0.5) is 0 Å². The fourth-order valence-corrected chi connectivity index (χ4v) is 0.716. The van der Waals surface area contributed by atoms with E-state index in [1.54, 1.807) is 6.07 Å². The molecule has 4 heteroatoms. The molecular weight excluding hydrogens is 156 g/mol. The van der Waals surface area contributed by atoms with Gasteiger partial charge in [-0.1, -0.05) is 5.92 Å². The molecular formula is C8H6N2O2. The number of carbonyl (C=O) groups is 1. The summed E-state index contributed by atoms with van der Waals surface area (Å²) in [6, 6.07) is 1.60. The van der Waals surface area contributed by atoms with Crippen molar-refractivity contribution in [2.45, 2.75) is 5.92 Å². The molecule has 4 nitrogen and oxygen atoms in total. The molecule has 1 rings (SSSR count). The van der Waals surface area contributed by atoms with E-state index in [9.17, 15) is 4.79 Å². The van der Waals surface area contributed by atoms with Gasteiger partial charge in [0.25, 0.3) is 0 Å². The molecule has 1 aromatic rings. The molecule has 0 aliphatic rings. The fraction of sp³-hybridized carbons (Fsp3) is 0.125. The minimum Gasteiger partial charge on any atom is -0.480 e. The lowest BCUT2D eigenvalue weighted by molar-refractivity contribution is -0.137. The van der Waals surface area contributed by atoms with Gasteiger partial charge in [0.2, 0.25) is 0 Å². The number of rotatable bonds is 2. The number of nitrogens with zero attached hydrogens (tertiary/aromatic N) is 2. The monoisotopic (exact) mass is 162 g/mol. The summed E-state index contributed by atoms with van der Waals surface area (Å²) in [5.74, 6) is 0.0816. The summed E-state index contributed by atoms with van der Waals surface area (Å²) >= 11 is 0. The van der Waals surface area contributed by atoms with Crippen molar-refractivity contribution in [2.24, 2.45) is 0 Å². The topological polar surface area (TPSA) is 63.1 Å². The second-order valence-electron chi connectivity index (χ2n) is 2.04. The standard InChI is InChI=1S/C8H6N2O2/c1-2-6(8(11)12)7-9-4-3-5-10-7/h1,3-6H,(H,11,12). The highest BCUT2D eigenvalue weighted by Crippen LogP contribution is 2.07. The van der Waals surface area contributed by atoms with Crippen molar-refractivity contribution < 1.29 is 9.90 Å². The lowest BCUT2D eigenvalue weighted by Gasteiger charge is -2.01. The molecule has 0 aromatic carbocycles. The van der Waals surface area contributed by atoms with Gasteiger partial charge in [0.15, 0.2) is 11.7 Å². The summed E-state index contributed by atoms with van der Waals surface area (Å²) in [5, 5.41) is 8.60. The zero-order valence-electron chi connectivity index (χ0n) is 6.14. The van der Waals surface area contributed by atoms with Gasteiger partial charge in [0.1, 0.15) is 0 Å². The van der Waals surface area contributed by atoms with Crippen molar-refractivity contribution in [2.75, 3.05) is 0 Å². The summed E-state index contributed by atoms with van der Waals surface area (Å²) in [5.41, 5.74) is 0. The Bertz CT molecular complexity index is 316. The van der Waals surface area contributed by atoms with E-state index in [4.69, 9.17) is 11.5 Å². The zero-order chi connectivity index (χ0) is 8.97. The lowest BCUT2D eigenvalue weighted by atomic mass is 10.1. The van der Waals surface area contributed by atoms with E-state index in [-0.39, 0.29) is 5.82 Å². The van der Waals surface area contributed by atoms with E-state index in [0.29, 0.717) is 0 Å². The van der Waals surface area contributed by atoms with Gasteiger partial charge in [0.05, 0.1) is 0 Å². The van der Waals surface area contributed by atoms with E-state index >= 15 is 0 Å².